The van der Waals surface area contributed by atoms with Gasteiger partial charge in [-0.15, -0.1) is 0 Å². The van der Waals surface area contributed by atoms with Gasteiger partial charge in [0, 0.05) is 6.54 Å². The lowest BCUT2D eigenvalue weighted by atomic mass is 10.0. The summed E-state index contributed by atoms with van der Waals surface area (Å²) in [5, 5.41) is 3.01. The van der Waals surface area contributed by atoms with Crippen LogP contribution in [0.3, 0.4) is 0 Å². The van der Waals surface area contributed by atoms with E-state index in [2.05, 4.69) is 10.3 Å². The number of rotatable bonds is 3. The van der Waals surface area contributed by atoms with E-state index in [-0.39, 0.29) is 5.91 Å². The van der Waals surface area contributed by atoms with Crippen LogP contribution in [0.25, 0.3) is 0 Å². The molecule has 0 saturated carbocycles. The highest BCUT2D eigenvalue weighted by atomic mass is 35.5. The van der Waals surface area contributed by atoms with Crippen LogP contribution in [0, 0.1) is 0 Å². The molecule has 1 aliphatic heterocycles. The Bertz CT molecular complexity index is 588. The Balaban J connectivity index is 2.12. The van der Waals surface area contributed by atoms with E-state index < -0.39 is 16.1 Å². The van der Waals surface area contributed by atoms with Crippen LogP contribution in [0.2, 0.25) is 5.15 Å². The van der Waals surface area contributed by atoms with Crippen molar-refractivity contribution in [3.8, 4) is 0 Å². The third-order valence-corrected chi connectivity index (χ3v) is 4.69. The van der Waals surface area contributed by atoms with Crippen molar-refractivity contribution < 1.29 is 13.2 Å². The van der Waals surface area contributed by atoms with E-state index >= 15 is 0 Å². The van der Waals surface area contributed by atoms with Gasteiger partial charge in [-0.3, -0.25) is 4.79 Å². The number of carbonyl (C=O) groups is 1. The molecule has 6 nitrogen and oxygen atoms in total. The fourth-order valence-corrected chi connectivity index (χ4v) is 3.48. The van der Waals surface area contributed by atoms with Gasteiger partial charge in [-0.1, -0.05) is 18.0 Å². The minimum atomic E-state index is -3.38. The topological polar surface area (TPSA) is 79.4 Å². The van der Waals surface area contributed by atoms with E-state index in [0.29, 0.717) is 23.8 Å². The van der Waals surface area contributed by atoms with Gasteiger partial charge in [-0.25, -0.2) is 13.4 Å². The number of nitrogens with zero attached hydrogens (tertiary/aromatic N) is 2. The van der Waals surface area contributed by atoms with Crippen molar-refractivity contribution in [1.29, 1.82) is 0 Å². The van der Waals surface area contributed by atoms with E-state index in [1.165, 1.54) is 10.5 Å². The molecular weight excluding hydrogens is 302 g/mol. The predicted octanol–water partition coefficient (Wildman–Crippen LogP) is 1.49. The Morgan fingerprint density at radius 3 is 2.80 bits per heavy atom. The number of piperidine rings is 1. The highest BCUT2D eigenvalue weighted by molar-refractivity contribution is 7.88. The first kappa shape index (κ1) is 15.2. The van der Waals surface area contributed by atoms with Crippen molar-refractivity contribution in [3.63, 3.8) is 0 Å². The quantitative estimate of drug-likeness (QED) is 0.857. The van der Waals surface area contributed by atoms with Crippen molar-refractivity contribution in [2.24, 2.45) is 0 Å². The van der Waals surface area contributed by atoms with Gasteiger partial charge in [0.25, 0.3) is 0 Å². The summed E-state index contributed by atoms with van der Waals surface area (Å²) in [5.74, 6) is -0.334. The predicted molar refractivity (Wildman–Crippen MR) is 77.1 cm³/mol. The first-order valence-electron chi connectivity index (χ1n) is 6.27. The second-order valence-electron chi connectivity index (χ2n) is 4.74. The number of hydrogen-bond donors (Lipinski definition) is 1. The maximum absolute atomic E-state index is 12.2. The molecule has 1 aromatic rings. The smallest absolute Gasteiger partial charge is 0.242 e. The van der Waals surface area contributed by atoms with Gasteiger partial charge in [0.15, 0.2) is 0 Å². The zero-order chi connectivity index (χ0) is 14.8. The zero-order valence-electron chi connectivity index (χ0n) is 11.0. The van der Waals surface area contributed by atoms with Gasteiger partial charge in [0.2, 0.25) is 15.9 Å². The lowest BCUT2D eigenvalue weighted by molar-refractivity contribution is -0.120. The fourth-order valence-electron chi connectivity index (χ4n) is 2.24. The largest absolute Gasteiger partial charge is 0.323 e. The summed E-state index contributed by atoms with van der Waals surface area (Å²) in [7, 11) is -3.38. The summed E-state index contributed by atoms with van der Waals surface area (Å²) in [4.78, 5) is 16.1. The van der Waals surface area contributed by atoms with Crippen LogP contribution in [0.15, 0.2) is 18.3 Å². The minimum Gasteiger partial charge on any atom is -0.323 e. The van der Waals surface area contributed by atoms with Crippen molar-refractivity contribution in [3.05, 3.63) is 23.5 Å². The monoisotopic (exact) mass is 317 g/mol. The number of carbonyl (C=O) groups excluding carboxylic acids is 1. The molecule has 0 unspecified atom stereocenters. The average Bonchev–Trinajstić information content (AvgIpc) is 2.40. The summed E-state index contributed by atoms with van der Waals surface area (Å²) in [6.45, 7) is 0.385. The molecule has 0 aromatic carbocycles. The molecule has 2 heterocycles. The molecule has 1 N–H and O–H groups in total. The van der Waals surface area contributed by atoms with E-state index in [0.717, 1.165) is 19.1 Å². The summed E-state index contributed by atoms with van der Waals surface area (Å²) in [6.07, 6.45) is 4.71. The Morgan fingerprint density at radius 2 is 2.20 bits per heavy atom. The molecule has 20 heavy (non-hydrogen) atoms. The number of aromatic nitrogens is 1. The molecule has 1 fully saturated rings. The molecule has 1 amide bonds. The highest BCUT2D eigenvalue weighted by Gasteiger charge is 2.34. The molecule has 0 bridgehead atoms. The Morgan fingerprint density at radius 1 is 1.45 bits per heavy atom. The van der Waals surface area contributed by atoms with Crippen LogP contribution < -0.4 is 5.32 Å². The summed E-state index contributed by atoms with van der Waals surface area (Å²) in [5.41, 5.74) is 0.499. The third-order valence-electron chi connectivity index (χ3n) is 3.18. The second-order valence-corrected chi connectivity index (χ2v) is 7.07. The summed E-state index contributed by atoms with van der Waals surface area (Å²) >= 11 is 5.67. The summed E-state index contributed by atoms with van der Waals surface area (Å²) < 4.78 is 24.7. The first-order chi connectivity index (χ1) is 9.38. The van der Waals surface area contributed by atoms with Crippen molar-refractivity contribution >= 4 is 33.2 Å². The van der Waals surface area contributed by atoms with Crippen LogP contribution in [0.4, 0.5) is 5.69 Å². The van der Waals surface area contributed by atoms with Gasteiger partial charge >= 0.3 is 0 Å². The maximum atomic E-state index is 12.2. The van der Waals surface area contributed by atoms with Gasteiger partial charge in [0.1, 0.15) is 11.2 Å². The molecule has 0 aliphatic carbocycles. The van der Waals surface area contributed by atoms with Crippen molar-refractivity contribution in [1.82, 2.24) is 9.29 Å². The molecule has 1 atom stereocenters. The van der Waals surface area contributed by atoms with Crippen LogP contribution >= 0.6 is 11.6 Å². The molecule has 1 saturated heterocycles. The standard InChI is InChI=1S/C12H16ClN3O3S/c1-20(18,19)16-7-3-2-4-10(16)12(17)15-9-5-6-11(13)14-8-9/h5-6,8,10H,2-4,7H2,1H3,(H,15,17)/t10-/m1/s1. The molecule has 1 aromatic heterocycles. The van der Waals surface area contributed by atoms with Crippen molar-refractivity contribution in [2.75, 3.05) is 18.1 Å². The molecule has 0 radical (unpaired) electrons. The molecule has 110 valence electrons. The van der Waals surface area contributed by atoms with E-state index in [9.17, 15) is 13.2 Å². The van der Waals surface area contributed by atoms with Crippen LogP contribution in [0.5, 0.6) is 0 Å². The number of anilines is 1. The normalized spacial score (nSPS) is 20.6. The van der Waals surface area contributed by atoms with Gasteiger partial charge < -0.3 is 5.32 Å². The van der Waals surface area contributed by atoms with Gasteiger partial charge in [-0.05, 0) is 25.0 Å². The van der Waals surface area contributed by atoms with Crippen LogP contribution in [0.1, 0.15) is 19.3 Å². The molecular formula is C12H16ClN3O3S. The SMILES string of the molecule is CS(=O)(=O)N1CCCC[C@@H]1C(=O)Nc1ccc(Cl)nc1. The molecule has 2 rings (SSSR count). The molecule has 1 aliphatic rings. The number of halogens is 1. The number of pyridine rings is 1. The second kappa shape index (κ2) is 6.07. The fraction of sp³-hybridized carbons (Fsp3) is 0.500. The lowest BCUT2D eigenvalue weighted by Crippen LogP contribution is -2.49. The van der Waals surface area contributed by atoms with E-state index in [1.54, 1.807) is 12.1 Å². The lowest BCUT2D eigenvalue weighted by Gasteiger charge is -2.32. The first-order valence-corrected chi connectivity index (χ1v) is 8.50. The van der Waals surface area contributed by atoms with Gasteiger partial charge in [0.05, 0.1) is 18.1 Å². The number of sulfonamides is 1. The molecule has 8 heteroatoms. The zero-order valence-corrected chi connectivity index (χ0v) is 12.6. The Kier molecular flexibility index (Phi) is 4.62. The Hall–Kier alpha value is -1.18. The Labute approximate surface area is 123 Å². The van der Waals surface area contributed by atoms with E-state index in [1.807, 2.05) is 0 Å². The average molecular weight is 318 g/mol. The maximum Gasteiger partial charge on any atom is 0.242 e. The summed E-state index contributed by atoms with van der Waals surface area (Å²) in [6, 6.07) is 2.53. The van der Waals surface area contributed by atoms with E-state index in [4.69, 9.17) is 11.6 Å². The van der Waals surface area contributed by atoms with Gasteiger partial charge in [-0.2, -0.15) is 4.31 Å². The number of amides is 1. The minimum absolute atomic E-state index is 0.332. The highest BCUT2D eigenvalue weighted by Crippen LogP contribution is 2.21. The number of hydrogen-bond acceptors (Lipinski definition) is 4. The third kappa shape index (κ3) is 3.68. The molecule has 0 spiro atoms. The van der Waals surface area contributed by atoms with Crippen LogP contribution in [-0.4, -0.2) is 42.5 Å². The van der Waals surface area contributed by atoms with Crippen LogP contribution in [-0.2, 0) is 14.8 Å². The number of nitrogens with one attached hydrogen (secondary N) is 1. The van der Waals surface area contributed by atoms with Crippen molar-refractivity contribution in [2.45, 2.75) is 25.3 Å².